The summed E-state index contributed by atoms with van der Waals surface area (Å²) in [5, 5.41) is 9.40. The van der Waals surface area contributed by atoms with Crippen molar-refractivity contribution < 1.29 is 19.0 Å². The van der Waals surface area contributed by atoms with Gasteiger partial charge in [-0.2, -0.15) is 0 Å². The second-order valence-corrected chi connectivity index (χ2v) is 5.16. The minimum atomic E-state index is -1.25. The second-order valence-electron chi connectivity index (χ2n) is 4.35. The Kier molecular flexibility index (Phi) is 3.19. The molecule has 106 valence electrons. The summed E-state index contributed by atoms with van der Waals surface area (Å²) in [4.78, 5) is 26.8. The molecule has 0 amide bonds. The highest BCUT2D eigenvalue weighted by atomic mass is 32.1. The van der Waals surface area contributed by atoms with Crippen LogP contribution in [0.4, 0.5) is 0 Å². The van der Waals surface area contributed by atoms with Gasteiger partial charge in [0.1, 0.15) is 16.7 Å². The van der Waals surface area contributed by atoms with E-state index in [-0.39, 0.29) is 5.56 Å². The van der Waals surface area contributed by atoms with Crippen molar-refractivity contribution >= 4 is 27.7 Å². The molecule has 0 aliphatic heterocycles. The van der Waals surface area contributed by atoms with E-state index in [0.717, 1.165) is 5.56 Å². The first kappa shape index (κ1) is 13.3. The molecule has 0 saturated carbocycles. The minimum Gasteiger partial charge on any atom is -0.497 e. The highest BCUT2D eigenvalue weighted by Gasteiger charge is 2.22. The van der Waals surface area contributed by atoms with Crippen LogP contribution in [-0.4, -0.2) is 23.2 Å². The number of carboxylic acid groups (broad SMARTS) is 1. The number of aromatic amines is 2. The van der Waals surface area contributed by atoms with Crippen LogP contribution in [0.3, 0.4) is 0 Å². The van der Waals surface area contributed by atoms with Crippen LogP contribution in [-0.2, 0) is 0 Å². The fourth-order valence-corrected chi connectivity index (χ4v) is 2.93. The molecule has 0 aliphatic carbocycles. The van der Waals surface area contributed by atoms with E-state index in [1.165, 1.54) is 17.7 Å². The van der Waals surface area contributed by atoms with Crippen molar-refractivity contribution in [2.75, 3.05) is 7.11 Å². The summed E-state index contributed by atoms with van der Waals surface area (Å²) in [6, 6.07) is 7.18. The molecule has 0 spiro atoms. The number of H-pyrrole nitrogens is 2. The van der Waals surface area contributed by atoms with Gasteiger partial charge in [0.05, 0.1) is 7.11 Å². The predicted octanol–water partition coefficient (Wildman–Crippen LogP) is 1.78. The average molecular weight is 303 g/mol. The Hall–Kier alpha value is -2.67. The topological polar surface area (TPSA) is 93.5 Å². The van der Waals surface area contributed by atoms with Gasteiger partial charge in [0.2, 0.25) is 11.1 Å². The van der Waals surface area contributed by atoms with Crippen LogP contribution >= 0.6 is 11.5 Å². The number of hydrogen-bond donors (Lipinski definition) is 2. The number of nitrogens with one attached hydrogen (secondary N) is 2. The monoisotopic (exact) mass is 303 g/mol. The van der Waals surface area contributed by atoms with Gasteiger partial charge in [-0.25, -0.2) is 4.79 Å². The molecular weight excluding hydrogens is 292 g/mol. The minimum absolute atomic E-state index is 0.274. The first-order chi connectivity index (χ1) is 10.1. The zero-order chi connectivity index (χ0) is 15.0. The number of rotatable bonds is 3. The van der Waals surface area contributed by atoms with Gasteiger partial charge >= 0.3 is 5.97 Å². The van der Waals surface area contributed by atoms with Gasteiger partial charge in [-0.15, -0.1) is 4.37 Å². The first-order valence-corrected chi connectivity index (χ1v) is 6.87. The third kappa shape index (κ3) is 2.17. The molecule has 6 nitrogen and oxygen atoms in total. The van der Waals surface area contributed by atoms with Crippen molar-refractivity contribution in [2.45, 2.75) is 0 Å². The summed E-state index contributed by atoms with van der Waals surface area (Å²) in [7, 11) is 1.57. The van der Waals surface area contributed by atoms with Gasteiger partial charge < -0.3 is 14.8 Å². The molecule has 0 fully saturated rings. The van der Waals surface area contributed by atoms with Crippen LogP contribution in [0.5, 0.6) is 5.75 Å². The Morgan fingerprint density at radius 1 is 1.33 bits per heavy atom. The number of ether oxygens (including phenoxy) is 1. The van der Waals surface area contributed by atoms with Crippen molar-refractivity contribution in [1.82, 2.24) is 4.98 Å². The fourth-order valence-electron chi connectivity index (χ4n) is 2.09. The molecule has 0 atom stereocenters. The van der Waals surface area contributed by atoms with Gasteiger partial charge in [-0.05, 0) is 24.3 Å². The molecule has 2 heterocycles. The highest BCUT2D eigenvalue weighted by molar-refractivity contribution is 7.09. The van der Waals surface area contributed by atoms with Gasteiger partial charge in [-0.1, -0.05) is 0 Å². The number of carboxylic acids is 1. The largest absolute Gasteiger partial charge is 0.497 e. The molecule has 0 bridgehead atoms. The molecule has 7 heteroatoms. The van der Waals surface area contributed by atoms with Crippen LogP contribution < -0.4 is 14.5 Å². The Labute approximate surface area is 122 Å². The van der Waals surface area contributed by atoms with Crippen molar-refractivity contribution in [3.05, 3.63) is 46.2 Å². The van der Waals surface area contributed by atoms with Gasteiger partial charge in [0.25, 0.3) is 0 Å². The molecule has 3 rings (SSSR count). The summed E-state index contributed by atoms with van der Waals surface area (Å²) in [5.74, 6) is -0.538. The molecule has 0 radical (unpaired) electrons. The lowest BCUT2D eigenvalue weighted by molar-refractivity contribution is -0.274. The maximum absolute atomic E-state index is 12.3. The van der Waals surface area contributed by atoms with E-state index in [1.54, 1.807) is 19.2 Å². The van der Waals surface area contributed by atoms with Crippen LogP contribution in [0.1, 0.15) is 10.4 Å². The highest BCUT2D eigenvalue weighted by Crippen LogP contribution is 2.25. The van der Waals surface area contributed by atoms with Crippen molar-refractivity contribution in [3.8, 4) is 17.0 Å². The quantitative estimate of drug-likeness (QED) is 0.771. The molecule has 0 saturated heterocycles. The lowest BCUT2D eigenvalue weighted by Crippen LogP contribution is -2.15. The van der Waals surface area contributed by atoms with E-state index in [1.807, 2.05) is 12.1 Å². The average Bonchev–Trinajstić information content (AvgIpc) is 2.92. The lowest BCUT2D eigenvalue weighted by atomic mass is 10.1. The van der Waals surface area contributed by atoms with E-state index in [0.29, 0.717) is 21.7 Å². The summed E-state index contributed by atoms with van der Waals surface area (Å²) < 4.78 is 8.15. The number of pyridine rings is 1. The number of fused-ring (bicyclic) bond motifs is 1. The predicted molar refractivity (Wildman–Crippen MR) is 77.9 cm³/mol. The third-order valence-electron chi connectivity index (χ3n) is 3.16. The summed E-state index contributed by atoms with van der Waals surface area (Å²) in [6.45, 7) is 0. The van der Waals surface area contributed by atoms with E-state index in [9.17, 15) is 9.59 Å². The molecule has 0 aliphatic rings. The van der Waals surface area contributed by atoms with E-state index in [4.69, 9.17) is 9.84 Å². The molecule has 1 aromatic carbocycles. The molecule has 3 aromatic rings. The number of aromatic nitrogens is 2. The van der Waals surface area contributed by atoms with Crippen LogP contribution in [0.25, 0.3) is 21.5 Å². The van der Waals surface area contributed by atoms with Crippen molar-refractivity contribution in [2.24, 2.45) is 0 Å². The van der Waals surface area contributed by atoms with Crippen molar-refractivity contribution in [1.29, 1.82) is 0 Å². The fraction of sp³-hybridized carbons (Fsp3) is 0.0714. The number of aromatic carboxylic acids is 1. The maximum atomic E-state index is 12.3. The molecule has 0 unspecified atom stereocenters. The zero-order valence-electron chi connectivity index (χ0n) is 11.0. The Bertz CT molecular complexity index is 880. The maximum Gasteiger partial charge on any atom is 0.341 e. The first-order valence-electron chi connectivity index (χ1n) is 6.05. The Morgan fingerprint density at radius 3 is 2.67 bits per heavy atom. The molecule has 3 N–H and O–H groups in total. The van der Waals surface area contributed by atoms with Gasteiger partial charge in [0, 0.05) is 11.8 Å². The number of carbonyl (C=O) groups is 1. The van der Waals surface area contributed by atoms with Crippen LogP contribution in [0.2, 0.25) is 0 Å². The summed E-state index contributed by atoms with van der Waals surface area (Å²) in [5.41, 5.74) is 0.612. The standard InChI is InChI=1S/C14H10N2O4S/c1-20-8-4-2-7(3-5-8)11-10-12(17)9(14(18)19)6-15-13(10)21-16-11/h2-6H,1H3,(H,15,17)(H,18,19)/p+1. The second kappa shape index (κ2) is 5.02. The van der Waals surface area contributed by atoms with E-state index in [2.05, 4.69) is 9.36 Å². The molecular formula is C14H11N2O4S+. The zero-order valence-corrected chi connectivity index (χ0v) is 11.8. The number of methoxy groups -OCH3 is 1. The lowest BCUT2D eigenvalue weighted by Gasteiger charge is -1.99. The SMILES string of the molecule is COc1ccc(-c2[nH+]sc3[nH]cc(C(=O)O)c(=O)c23)cc1. The number of hydrogen-bond acceptors (Lipinski definition) is 4. The Morgan fingerprint density at radius 2 is 2.05 bits per heavy atom. The van der Waals surface area contributed by atoms with E-state index >= 15 is 0 Å². The van der Waals surface area contributed by atoms with Gasteiger partial charge in [-0.3, -0.25) is 4.79 Å². The normalized spacial score (nSPS) is 10.7. The molecule has 2 aromatic heterocycles. The summed E-state index contributed by atoms with van der Waals surface area (Å²) >= 11 is 1.25. The third-order valence-corrected chi connectivity index (χ3v) is 3.99. The Balaban J connectivity index is 2.25. The summed E-state index contributed by atoms with van der Waals surface area (Å²) in [6.07, 6.45) is 1.22. The molecule has 21 heavy (non-hydrogen) atoms. The van der Waals surface area contributed by atoms with E-state index < -0.39 is 11.4 Å². The number of benzene rings is 1. The van der Waals surface area contributed by atoms with Crippen LogP contribution in [0.15, 0.2) is 35.3 Å². The van der Waals surface area contributed by atoms with Gasteiger partial charge in [0.15, 0.2) is 16.4 Å². The van der Waals surface area contributed by atoms with Crippen LogP contribution in [0, 0.1) is 0 Å². The smallest absolute Gasteiger partial charge is 0.341 e. The van der Waals surface area contributed by atoms with Crippen molar-refractivity contribution in [3.63, 3.8) is 0 Å².